The minimum absolute atomic E-state index is 0.203. The van der Waals surface area contributed by atoms with Crippen molar-refractivity contribution in [2.75, 3.05) is 11.9 Å². The standard InChI is InChI=1S/C15H18FN3/c1-5-17-15-14(18-10(3)11(4)19-15)12-6-7-13(16)9(2)8-12/h6-8H,5H2,1-4H3,(H,17,19). The van der Waals surface area contributed by atoms with Crippen LogP contribution < -0.4 is 5.32 Å². The van der Waals surface area contributed by atoms with E-state index in [-0.39, 0.29) is 5.82 Å². The van der Waals surface area contributed by atoms with Crippen LogP contribution in [0.1, 0.15) is 23.9 Å². The maximum Gasteiger partial charge on any atom is 0.152 e. The van der Waals surface area contributed by atoms with Gasteiger partial charge in [0, 0.05) is 12.1 Å². The summed E-state index contributed by atoms with van der Waals surface area (Å²) >= 11 is 0. The number of benzene rings is 1. The highest BCUT2D eigenvalue weighted by Crippen LogP contribution is 2.27. The lowest BCUT2D eigenvalue weighted by molar-refractivity contribution is 0.618. The molecular formula is C15H18FN3. The maximum absolute atomic E-state index is 13.4. The molecule has 0 aliphatic rings. The van der Waals surface area contributed by atoms with Gasteiger partial charge in [0.25, 0.3) is 0 Å². The second kappa shape index (κ2) is 5.34. The molecule has 100 valence electrons. The number of anilines is 1. The second-order valence-electron chi connectivity index (χ2n) is 4.59. The number of hydrogen-bond acceptors (Lipinski definition) is 3. The van der Waals surface area contributed by atoms with Gasteiger partial charge >= 0.3 is 0 Å². The molecule has 2 aromatic rings. The average molecular weight is 259 g/mol. The van der Waals surface area contributed by atoms with Crippen molar-refractivity contribution in [1.29, 1.82) is 0 Å². The molecule has 1 aromatic carbocycles. The molecule has 2 rings (SSSR count). The number of halogens is 1. The highest BCUT2D eigenvalue weighted by atomic mass is 19.1. The number of nitrogens with one attached hydrogen (secondary N) is 1. The minimum Gasteiger partial charge on any atom is -0.369 e. The van der Waals surface area contributed by atoms with Gasteiger partial charge in [-0.2, -0.15) is 0 Å². The Morgan fingerprint density at radius 1 is 1.11 bits per heavy atom. The third kappa shape index (κ3) is 2.72. The Morgan fingerprint density at radius 3 is 2.42 bits per heavy atom. The summed E-state index contributed by atoms with van der Waals surface area (Å²) in [5, 5.41) is 3.21. The minimum atomic E-state index is -0.203. The first-order valence-electron chi connectivity index (χ1n) is 6.38. The van der Waals surface area contributed by atoms with Crippen LogP contribution in [0.2, 0.25) is 0 Å². The maximum atomic E-state index is 13.4. The van der Waals surface area contributed by atoms with Gasteiger partial charge < -0.3 is 5.32 Å². The van der Waals surface area contributed by atoms with E-state index in [1.807, 2.05) is 20.8 Å². The first kappa shape index (κ1) is 13.5. The van der Waals surface area contributed by atoms with Gasteiger partial charge in [0.1, 0.15) is 11.5 Å². The fourth-order valence-corrected chi connectivity index (χ4v) is 1.89. The fourth-order valence-electron chi connectivity index (χ4n) is 1.89. The van der Waals surface area contributed by atoms with E-state index in [9.17, 15) is 4.39 Å². The van der Waals surface area contributed by atoms with Crippen LogP contribution in [0.3, 0.4) is 0 Å². The molecule has 0 bridgehead atoms. The fraction of sp³-hybridized carbons (Fsp3) is 0.333. The van der Waals surface area contributed by atoms with Gasteiger partial charge in [0.05, 0.1) is 11.4 Å². The van der Waals surface area contributed by atoms with Gasteiger partial charge in [-0.15, -0.1) is 0 Å². The van der Waals surface area contributed by atoms with E-state index >= 15 is 0 Å². The molecular weight excluding hydrogens is 241 g/mol. The van der Waals surface area contributed by atoms with E-state index in [0.29, 0.717) is 5.56 Å². The molecule has 0 unspecified atom stereocenters. The quantitative estimate of drug-likeness (QED) is 0.914. The first-order chi connectivity index (χ1) is 9.02. The molecule has 0 saturated heterocycles. The number of hydrogen-bond donors (Lipinski definition) is 1. The molecule has 0 atom stereocenters. The molecule has 0 aliphatic heterocycles. The summed E-state index contributed by atoms with van der Waals surface area (Å²) in [6.07, 6.45) is 0. The highest BCUT2D eigenvalue weighted by molar-refractivity contribution is 5.72. The van der Waals surface area contributed by atoms with Crippen LogP contribution in [0.5, 0.6) is 0 Å². The smallest absolute Gasteiger partial charge is 0.152 e. The number of aryl methyl sites for hydroxylation is 3. The van der Waals surface area contributed by atoms with Crippen molar-refractivity contribution in [3.63, 3.8) is 0 Å². The van der Waals surface area contributed by atoms with Crippen molar-refractivity contribution < 1.29 is 4.39 Å². The van der Waals surface area contributed by atoms with Crippen LogP contribution in [-0.2, 0) is 0 Å². The second-order valence-corrected chi connectivity index (χ2v) is 4.59. The molecule has 0 aliphatic carbocycles. The largest absolute Gasteiger partial charge is 0.369 e. The third-order valence-electron chi connectivity index (χ3n) is 3.08. The van der Waals surface area contributed by atoms with Gasteiger partial charge in [-0.25, -0.2) is 14.4 Å². The molecule has 19 heavy (non-hydrogen) atoms. The van der Waals surface area contributed by atoms with E-state index in [4.69, 9.17) is 0 Å². The summed E-state index contributed by atoms with van der Waals surface area (Å²) in [5.41, 5.74) is 4.05. The molecule has 1 heterocycles. The van der Waals surface area contributed by atoms with Crippen molar-refractivity contribution >= 4 is 5.82 Å². The Morgan fingerprint density at radius 2 is 1.79 bits per heavy atom. The van der Waals surface area contributed by atoms with Crippen molar-refractivity contribution in [2.24, 2.45) is 0 Å². The SMILES string of the molecule is CCNc1nc(C)c(C)nc1-c1ccc(F)c(C)c1. The molecule has 1 aromatic heterocycles. The Hall–Kier alpha value is -1.97. The van der Waals surface area contributed by atoms with E-state index < -0.39 is 0 Å². The Labute approximate surface area is 112 Å². The predicted octanol–water partition coefficient (Wildman–Crippen LogP) is 3.64. The first-order valence-corrected chi connectivity index (χ1v) is 6.38. The topological polar surface area (TPSA) is 37.8 Å². The summed E-state index contributed by atoms with van der Waals surface area (Å²) in [6, 6.07) is 5.01. The molecule has 0 amide bonds. The molecule has 1 N–H and O–H groups in total. The monoisotopic (exact) mass is 259 g/mol. The predicted molar refractivity (Wildman–Crippen MR) is 75.8 cm³/mol. The van der Waals surface area contributed by atoms with Crippen LogP contribution >= 0.6 is 0 Å². The van der Waals surface area contributed by atoms with Crippen LogP contribution in [0.15, 0.2) is 18.2 Å². The zero-order valence-corrected chi connectivity index (χ0v) is 11.7. The molecule has 0 saturated carbocycles. The molecule has 4 heteroatoms. The summed E-state index contributed by atoms with van der Waals surface area (Å²) in [7, 11) is 0. The summed E-state index contributed by atoms with van der Waals surface area (Å²) in [6.45, 7) is 8.39. The number of nitrogens with zero attached hydrogens (tertiary/aromatic N) is 2. The van der Waals surface area contributed by atoms with Crippen LogP contribution in [-0.4, -0.2) is 16.5 Å². The zero-order chi connectivity index (χ0) is 14.0. The molecule has 0 spiro atoms. The lowest BCUT2D eigenvalue weighted by Gasteiger charge is -2.12. The zero-order valence-electron chi connectivity index (χ0n) is 11.7. The number of aromatic nitrogens is 2. The summed E-state index contributed by atoms with van der Waals surface area (Å²) in [4.78, 5) is 9.11. The lowest BCUT2D eigenvalue weighted by Crippen LogP contribution is -2.06. The summed E-state index contributed by atoms with van der Waals surface area (Å²) < 4.78 is 13.4. The van der Waals surface area contributed by atoms with E-state index in [2.05, 4.69) is 15.3 Å². The van der Waals surface area contributed by atoms with Gasteiger partial charge in [0.2, 0.25) is 0 Å². The van der Waals surface area contributed by atoms with Gasteiger partial charge in [-0.3, -0.25) is 0 Å². The van der Waals surface area contributed by atoms with Crippen LogP contribution in [0.25, 0.3) is 11.3 Å². The molecule has 3 nitrogen and oxygen atoms in total. The normalized spacial score (nSPS) is 10.6. The van der Waals surface area contributed by atoms with Crippen molar-refractivity contribution in [3.8, 4) is 11.3 Å². The Kier molecular flexibility index (Phi) is 3.79. The average Bonchev–Trinajstić information content (AvgIpc) is 2.37. The van der Waals surface area contributed by atoms with Crippen LogP contribution in [0.4, 0.5) is 10.2 Å². The molecule has 0 radical (unpaired) electrons. The van der Waals surface area contributed by atoms with E-state index in [1.165, 1.54) is 6.07 Å². The van der Waals surface area contributed by atoms with E-state index in [1.54, 1.807) is 19.1 Å². The molecule has 0 fully saturated rings. The lowest BCUT2D eigenvalue weighted by atomic mass is 10.1. The van der Waals surface area contributed by atoms with Crippen molar-refractivity contribution in [3.05, 3.63) is 41.0 Å². The van der Waals surface area contributed by atoms with Gasteiger partial charge in [0.15, 0.2) is 5.82 Å². The van der Waals surface area contributed by atoms with E-state index in [0.717, 1.165) is 35.0 Å². The Bertz CT molecular complexity index is 609. The van der Waals surface area contributed by atoms with Crippen molar-refractivity contribution in [2.45, 2.75) is 27.7 Å². The van der Waals surface area contributed by atoms with Crippen LogP contribution in [0, 0.1) is 26.6 Å². The number of rotatable bonds is 3. The summed E-state index contributed by atoms with van der Waals surface area (Å²) in [5.74, 6) is 0.544. The third-order valence-corrected chi connectivity index (χ3v) is 3.08. The van der Waals surface area contributed by atoms with Gasteiger partial charge in [-0.1, -0.05) is 0 Å². The van der Waals surface area contributed by atoms with Gasteiger partial charge in [-0.05, 0) is 51.5 Å². The highest BCUT2D eigenvalue weighted by Gasteiger charge is 2.11. The Balaban J connectivity index is 2.59. The van der Waals surface area contributed by atoms with Crippen molar-refractivity contribution in [1.82, 2.24) is 9.97 Å².